The molecule has 3 heteroatoms. The first-order valence-electron chi connectivity index (χ1n) is 8.09. The van der Waals surface area contributed by atoms with E-state index in [1.54, 1.807) is 5.56 Å². The standard InChI is InChI=1S/C18H26N2S/c1-13(2)20-10-6-7-14(11-19-3)18(20)16-12-21-17-9-5-4-8-15(16)17/h4-5,8-9,12-14,18-19H,6-7,10-11H2,1-3H3. The highest BCUT2D eigenvalue weighted by Crippen LogP contribution is 2.41. The van der Waals surface area contributed by atoms with Crippen molar-refractivity contribution in [3.05, 3.63) is 35.2 Å². The van der Waals surface area contributed by atoms with Crippen LogP contribution in [0.1, 0.15) is 38.3 Å². The van der Waals surface area contributed by atoms with Crippen molar-refractivity contribution in [1.29, 1.82) is 0 Å². The summed E-state index contributed by atoms with van der Waals surface area (Å²) in [5, 5.41) is 7.27. The summed E-state index contributed by atoms with van der Waals surface area (Å²) >= 11 is 1.89. The number of benzene rings is 1. The lowest BCUT2D eigenvalue weighted by Crippen LogP contribution is -2.45. The highest BCUT2D eigenvalue weighted by molar-refractivity contribution is 7.17. The molecule has 2 unspecified atom stereocenters. The summed E-state index contributed by atoms with van der Waals surface area (Å²) in [6, 6.07) is 10.0. The number of piperidine rings is 1. The van der Waals surface area contributed by atoms with Gasteiger partial charge in [0.1, 0.15) is 0 Å². The third-order valence-electron chi connectivity index (χ3n) is 4.75. The fraction of sp³-hybridized carbons (Fsp3) is 0.556. The Kier molecular flexibility index (Phi) is 4.63. The Morgan fingerprint density at radius 1 is 1.33 bits per heavy atom. The molecule has 1 aliphatic heterocycles. The topological polar surface area (TPSA) is 15.3 Å². The molecule has 1 aromatic carbocycles. The van der Waals surface area contributed by atoms with Crippen molar-refractivity contribution in [2.45, 2.75) is 38.8 Å². The van der Waals surface area contributed by atoms with Crippen molar-refractivity contribution >= 4 is 21.4 Å². The second kappa shape index (κ2) is 6.47. The fourth-order valence-electron chi connectivity index (χ4n) is 3.82. The summed E-state index contributed by atoms with van der Waals surface area (Å²) < 4.78 is 1.42. The molecule has 0 spiro atoms. The van der Waals surface area contributed by atoms with Crippen LogP contribution in [0.15, 0.2) is 29.6 Å². The molecule has 1 aromatic heterocycles. The summed E-state index contributed by atoms with van der Waals surface area (Å²) in [6.07, 6.45) is 2.65. The molecule has 2 heterocycles. The van der Waals surface area contributed by atoms with Crippen LogP contribution >= 0.6 is 11.3 Å². The smallest absolute Gasteiger partial charge is 0.0405 e. The van der Waals surface area contributed by atoms with Gasteiger partial charge in [-0.1, -0.05) is 18.2 Å². The van der Waals surface area contributed by atoms with Crippen LogP contribution in [0, 0.1) is 5.92 Å². The molecule has 0 saturated carbocycles. The Balaban J connectivity index is 2.04. The molecule has 2 aromatic rings. The summed E-state index contributed by atoms with van der Waals surface area (Å²) in [4.78, 5) is 2.71. The summed E-state index contributed by atoms with van der Waals surface area (Å²) in [5.74, 6) is 0.712. The van der Waals surface area contributed by atoms with Crippen LogP contribution < -0.4 is 5.32 Å². The SMILES string of the molecule is CNCC1CCCN(C(C)C)C1c1csc2ccccc12. The number of fused-ring (bicyclic) bond motifs is 1. The maximum Gasteiger partial charge on any atom is 0.0405 e. The zero-order chi connectivity index (χ0) is 14.8. The van der Waals surface area contributed by atoms with Crippen LogP contribution in [0.2, 0.25) is 0 Å². The zero-order valence-corrected chi connectivity index (χ0v) is 14.1. The molecule has 2 atom stereocenters. The first kappa shape index (κ1) is 15.0. The molecule has 0 bridgehead atoms. The van der Waals surface area contributed by atoms with E-state index in [2.05, 4.69) is 60.8 Å². The maximum atomic E-state index is 3.41. The zero-order valence-electron chi connectivity index (χ0n) is 13.3. The van der Waals surface area contributed by atoms with Gasteiger partial charge in [0.15, 0.2) is 0 Å². The molecule has 0 radical (unpaired) electrons. The molecule has 1 N–H and O–H groups in total. The van der Waals surface area contributed by atoms with E-state index in [0.29, 0.717) is 18.0 Å². The fourth-order valence-corrected chi connectivity index (χ4v) is 4.81. The third-order valence-corrected chi connectivity index (χ3v) is 5.74. The predicted octanol–water partition coefficient (Wildman–Crippen LogP) is 4.28. The Hall–Kier alpha value is -0.900. The van der Waals surface area contributed by atoms with Gasteiger partial charge >= 0.3 is 0 Å². The van der Waals surface area contributed by atoms with Crippen molar-refractivity contribution in [1.82, 2.24) is 10.2 Å². The van der Waals surface area contributed by atoms with Crippen LogP contribution in [-0.4, -0.2) is 31.1 Å². The van der Waals surface area contributed by atoms with Crippen molar-refractivity contribution in [2.24, 2.45) is 5.92 Å². The first-order chi connectivity index (χ1) is 10.2. The van der Waals surface area contributed by atoms with Crippen molar-refractivity contribution in [3.8, 4) is 0 Å². The molecule has 2 nitrogen and oxygen atoms in total. The van der Waals surface area contributed by atoms with E-state index in [1.165, 1.54) is 29.5 Å². The molecule has 3 rings (SSSR count). The number of nitrogens with one attached hydrogen (secondary N) is 1. The Labute approximate surface area is 132 Å². The molecule has 0 aliphatic carbocycles. The third kappa shape index (κ3) is 2.87. The number of hydrogen-bond acceptors (Lipinski definition) is 3. The number of rotatable bonds is 4. The van der Waals surface area contributed by atoms with Crippen LogP contribution in [0.5, 0.6) is 0 Å². The van der Waals surface area contributed by atoms with E-state index >= 15 is 0 Å². The Bertz CT molecular complexity index is 588. The minimum atomic E-state index is 0.558. The lowest BCUT2D eigenvalue weighted by atomic mass is 9.83. The second-order valence-electron chi connectivity index (χ2n) is 6.42. The van der Waals surface area contributed by atoms with Crippen LogP contribution in [-0.2, 0) is 0 Å². The van der Waals surface area contributed by atoms with E-state index in [1.807, 2.05) is 11.3 Å². The van der Waals surface area contributed by atoms with Crippen molar-refractivity contribution < 1.29 is 0 Å². The molecule has 1 saturated heterocycles. The van der Waals surface area contributed by atoms with E-state index in [4.69, 9.17) is 0 Å². The van der Waals surface area contributed by atoms with E-state index in [0.717, 1.165) is 6.54 Å². The summed E-state index contributed by atoms with van der Waals surface area (Å²) in [6.45, 7) is 7.01. The lowest BCUT2D eigenvalue weighted by molar-refractivity contribution is 0.0647. The monoisotopic (exact) mass is 302 g/mol. The molecular weight excluding hydrogens is 276 g/mol. The average molecular weight is 302 g/mol. The Morgan fingerprint density at radius 3 is 2.90 bits per heavy atom. The molecular formula is C18H26N2S. The van der Waals surface area contributed by atoms with Gasteiger partial charge in [-0.3, -0.25) is 4.90 Å². The number of likely N-dealkylation sites (tertiary alicyclic amines) is 1. The maximum absolute atomic E-state index is 3.41. The van der Waals surface area contributed by atoms with E-state index < -0.39 is 0 Å². The molecule has 1 fully saturated rings. The lowest BCUT2D eigenvalue weighted by Gasteiger charge is -2.44. The second-order valence-corrected chi connectivity index (χ2v) is 7.33. The highest BCUT2D eigenvalue weighted by Gasteiger charge is 2.34. The van der Waals surface area contributed by atoms with Crippen molar-refractivity contribution in [2.75, 3.05) is 20.1 Å². The number of hydrogen-bond donors (Lipinski definition) is 1. The van der Waals surface area contributed by atoms with E-state index in [-0.39, 0.29) is 0 Å². The van der Waals surface area contributed by atoms with Gasteiger partial charge in [-0.15, -0.1) is 11.3 Å². The van der Waals surface area contributed by atoms with E-state index in [9.17, 15) is 0 Å². The number of nitrogens with zero attached hydrogens (tertiary/aromatic N) is 1. The van der Waals surface area contributed by atoms with Gasteiger partial charge in [0.05, 0.1) is 0 Å². The quantitative estimate of drug-likeness (QED) is 0.906. The van der Waals surface area contributed by atoms with Gasteiger partial charge in [-0.25, -0.2) is 0 Å². The van der Waals surface area contributed by atoms with Crippen molar-refractivity contribution in [3.63, 3.8) is 0 Å². The minimum absolute atomic E-state index is 0.558. The normalized spacial score (nSPS) is 24.0. The molecule has 1 aliphatic rings. The van der Waals surface area contributed by atoms with Gasteiger partial charge in [0.2, 0.25) is 0 Å². The highest BCUT2D eigenvalue weighted by atomic mass is 32.1. The van der Waals surface area contributed by atoms with Gasteiger partial charge in [-0.05, 0) is 75.1 Å². The Morgan fingerprint density at radius 2 is 2.14 bits per heavy atom. The van der Waals surface area contributed by atoms with Gasteiger partial charge in [0.25, 0.3) is 0 Å². The minimum Gasteiger partial charge on any atom is -0.319 e. The van der Waals surface area contributed by atoms with Gasteiger partial charge < -0.3 is 5.32 Å². The van der Waals surface area contributed by atoms with Gasteiger partial charge in [0, 0.05) is 16.8 Å². The largest absolute Gasteiger partial charge is 0.319 e. The summed E-state index contributed by atoms with van der Waals surface area (Å²) in [7, 11) is 2.08. The van der Waals surface area contributed by atoms with Crippen LogP contribution in [0.3, 0.4) is 0 Å². The molecule has 0 amide bonds. The predicted molar refractivity (Wildman–Crippen MR) is 93.1 cm³/mol. The van der Waals surface area contributed by atoms with Gasteiger partial charge in [-0.2, -0.15) is 0 Å². The van der Waals surface area contributed by atoms with Crippen LogP contribution in [0.25, 0.3) is 10.1 Å². The molecule has 114 valence electrons. The average Bonchev–Trinajstić information content (AvgIpc) is 2.91. The van der Waals surface area contributed by atoms with Crippen LogP contribution in [0.4, 0.5) is 0 Å². The summed E-state index contributed by atoms with van der Waals surface area (Å²) in [5.41, 5.74) is 1.55. The first-order valence-corrected chi connectivity index (χ1v) is 8.96. The number of thiophene rings is 1. The molecule has 21 heavy (non-hydrogen) atoms.